The number of hydrogen-bond acceptors (Lipinski definition) is 2. The van der Waals surface area contributed by atoms with Crippen molar-refractivity contribution in [3.63, 3.8) is 0 Å². The summed E-state index contributed by atoms with van der Waals surface area (Å²) in [5.74, 6) is -0.508. The number of nitrogen functional groups attached to an aromatic ring is 1. The highest BCUT2D eigenvalue weighted by molar-refractivity contribution is 6.34. The highest BCUT2D eigenvalue weighted by Crippen LogP contribution is 2.19. The van der Waals surface area contributed by atoms with Crippen LogP contribution in [0.25, 0.3) is 0 Å². The zero-order chi connectivity index (χ0) is 15.6. The first-order valence-corrected chi connectivity index (χ1v) is 6.85. The fourth-order valence-electron chi connectivity index (χ4n) is 2.13. The van der Waals surface area contributed by atoms with E-state index in [9.17, 15) is 9.18 Å². The van der Waals surface area contributed by atoms with Gasteiger partial charge in [-0.25, -0.2) is 4.39 Å². The second-order valence-electron chi connectivity index (χ2n) is 4.97. The third kappa shape index (κ3) is 3.52. The largest absolute Gasteiger partial charge is 0.399 e. The minimum absolute atomic E-state index is 0.216. The van der Waals surface area contributed by atoms with Gasteiger partial charge in [-0.15, -0.1) is 0 Å². The van der Waals surface area contributed by atoms with Crippen molar-refractivity contribution < 1.29 is 9.18 Å². The second-order valence-corrected chi connectivity index (χ2v) is 5.37. The SMILES string of the molecule is Cc1cc(CNC(=O)c2ccc(N)cc2Cl)cc(C)c1F. The molecule has 0 saturated carbocycles. The molecule has 0 fully saturated rings. The van der Waals surface area contributed by atoms with Gasteiger partial charge in [0.05, 0.1) is 10.6 Å². The standard InChI is InChI=1S/C16H16ClFN2O/c1-9-5-11(6-10(2)15(9)18)8-20-16(21)13-4-3-12(19)7-14(13)17/h3-7H,8,19H2,1-2H3,(H,20,21). The molecule has 0 spiro atoms. The molecular weight excluding hydrogens is 291 g/mol. The molecule has 2 aromatic carbocycles. The van der Waals surface area contributed by atoms with E-state index in [1.165, 1.54) is 6.07 Å². The molecular formula is C16H16ClFN2O. The van der Waals surface area contributed by atoms with Crippen LogP contribution in [0.4, 0.5) is 10.1 Å². The molecule has 0 bridgehead atoms. The Bertz CT molecular complexity index is 678. The molecule has 0 heterocycles. The number of benzene rings is 2. The fourth-order valence-corrected chi connectivity index (χ4v) is 2.41. The molecule has 21 heavy (non-hydrogen) atoms. The maximum Gasteiger partial charge on any atom is 0.253 e. The first-order valence-electron chi connectivity index (χ1n) is 6.47. The molecule has 1 amide bonds. The Labute approximate surface area is 127 Å². The predicted molar refractivity (Wildman–Crippen MR) is 82.9 cm³/mol. The summed E-state index contributed by atoms with van der Waals surface area (Å²) in [5, 5.41) is 3.07. The highest BCUT2D eigenvalue weighted by Gasteiger charge is 2.11. The zero-order valence-electron chi connectivity index (χ0n) is 11.8. The van der Waals surface area contributed by atoms with Crippen LogP contribution in [0, 0.1) is 19.7 Å². The van der Waals surface area contributed by atoms with E-state index in [-0.39, 0.29) is 11.7 Å². The van der Waals surface area contributed by atoms with Gasteiger partial charge in [0.15, 0.2) is 0 Å². The maximum absolute atomic E-state index is 13.5. The van der Waals surface area contributed by atoms with Gasteiger partial charge < -0.3 is 11.1 Å². The van der Waals surface area contributed by atoms with E-state index in [1.807, 2.05) is 0 Å². The average molecular weight is 307 g/mol. The Morgan fingerprint density at radius 1 is 1.24 bits per heavy atom. The van der Waals surface area contributed by atoms with Crippen LogP contribution in [-0.4, -0.2) is 5.91 Å². The summed E-state index contributed by atoms with van der Waals surface area (Å²) in [7, 11) is 0. The van der Waals surface area contributed by atoms with Crippen LogP contribution in [0.2, 0.25) is 5.02 Å². The first kappa shape index (κ1) is 15.3. The van der Waals surface area contributed by atoms with Crippen molar-refractivity contribution in [1.82, 2.24) is 5.32 Å². The lowest BCUT2D eigenvalue weighted by atomic mass is 10.1. The molecule has 0 aliphatic carbocycles. The summed E-state index contributed by atoms with van der Waals surface area (Å²) in [5.41, 5.74) is 8.41. The molecule has 5 heteroatoms. The quantitative estimate of drug-likeness (QED) is 0.851. The first-order chi connectivity index (χ1) is 9.88. The van der Waals surface area contributed by atoms with E-state index in [0.717, 1.165) is 5.56 Å². The Balaban J connectivity index is 2.11. The van der Waals surface area contributed by atoms with Gasteiger partial charge in [-0.05, 0) is 48.7 Å². The number of carbonyl (C=O) groups excluding carboxylic acids is 1. The molecule has 0 atom stereocenters. The van der Waals surface area contributed by atoms with Crippen LogP contribution in [0.1, 0.15) is 27.0 Å². The number of carbonyl (C=O) groups is 1. The highest BCUT2D eigenvalue weighted by atomic mass is 35.5. The van der Waals surface area contributed by atoms with Crippen LogP contribution < -0.4 is 11.1 Å². The minimum Gasteiger partial charge on any atom is -0.399 e. The molecule has 2 aromatic rings. The summed E-state index contributed by atoms with van der Waals surface area (Å²) >= 11 is 5.99. The monoisotopic (exact) mass is 306 g/mol. The number of amides is 1. The molecule has 3 nitrogen and oxygen atoms in total. The van der Waals surface area contributed by atoms with Crippen molar-refractivity contribution in [2.24, 2.45) is 0 Å². The van der Waals surface area contributed by atoms with Gasteiger partial charge in [0.1, 0.15) is 5.82 Å². The lowest BCUT2D eigenvalue weighted by Gasteiger charge is -2.10. The summed E-state index contributed by atoms with van der Waals surface area (Å²) in [6.07, 6.45) is 0. The summed E-state index contributed by atoms with van der Waals surface area (Å²) in [6, 6.07) is 8.16. The second kappa shape index (κ2) is 6.14. The molecule has 2 rings (SSSR count). The molecule has 0 aliphatic heterocycles. The van der Waals surface area contributed by atoms with Crippen LogP contribution in [0.5, 0.6) is 0 Å². The van der Waals surface area contributed by atoms with Crippen LogP contribution >= 0.6 is 11.6 Å². The molecule has 0 aliphatic rings. The van der Waals surface area contributed by atoms with E-state index < -0.39 is 0 Å². The Morgan fingerprint density at radius 2 is 1.86 bits per heavy atom. The van der Waals surface area contributed by atoms with E-state index in [1.54, 1.807) is 38.1 Å². The van der Waals surface area contributed by atoms with Gasteiger partial charge in [0, 0.05) is 12.2 Å². The van der Waals surface area contributed by atoms with Crippen molar-refractivity contribution >= 4 is 23.2 Å². The lowest BCUT2D eigenvalue weighted by molar-refractivity contribution is 0.0951. The van der Waals surface area contributed by atoms with Gasteiger partial charge in [-0.3, -0.25) is 4.79 Å². The zero-order valence-corrected chi connectivity index (χ0v) is 12.6. The Hall–Kier alpha value is -2.07. The number of rotatable bonds is 3. The third-order valence-electron chi connectivity index (χ3n) is 3.19. The van der Waals surface area contributed by atoms with Gasteiger partial charge in [-0.2, -0.15) is 0 Å². The van der Waals surface area contributed by atoms with Gasteiger partial charge in [-0.1, -0.05) is 23.7 Å². The van der Waals surface area contributed by atoms with Crippen LogP contribution in [-0.2, 0) is 6.54 Å². The fraction of sp³-hybridized carbons (Fsp3) is 0.188. The summed E-state index contributed by atoms with van der Waals surface area (Å²) in [6.45, 7) is 3.70. The third-order valence-corrected chi connectivity index (χ3v) is 3.50. The van der Waals surface area contributed by atoms with Crippen molar-refractivity contribution in [3.05, 3.63) is 63.4 Å². The van der Waals surface area contributed by atoms with Crippen molar-refractivity contribution in [2.45, 2.75) is 20.4 Å². The number of hydrogen-bond donors (Lipinski definition) is 2. The summed E-state index contributed by atoms with van der Waals surface area (Å²) < 4.78 is 13.5. The normalized spacial score (nSPS) is 10.5. The van der Waals surface area contributed by atoms with Crippen molar-refractivity contribution in [3.8, 4) is 0 Å². The molecule has 110 valence electrons. The minimum atomic E-state index is -0.292. The van der Waals surface area contributed by atoms with E-state index >= 15 is 0 Å². The van der Waals surface area contributed by atoms with Crippen molar-refractivity contribution in [1.29, 1.82) is 0 Å². The molecule has 3 N–H and O–H groups in total. The topological polar surface area (TPSA) is 55.1 Å². The average Bonchev–Trinajstić information content (AvgIpc) is 2.42. The number of halogens is 2. The van der Waals surface area contributed by atoms with E-state index in [4.69, 9.17) is 17.3 Å². The number of nitrogens with two attached hydrogens (primary N) is 1. The molecule has 0 aromatic heterocycles. The number of nitrogens with one attached hydrogen (secondary N) is 1. The lowest BCUT2D eigenvalue weighted by Crippen LogP contribution is -2.23. The van der Waals surface area contributed by atoms with Gasteiger partial charge in [0.2, 0.25) is 0 Å². The van der Waals surface area contributed by atoms with Gasteiger partial charge in [0.25, 0.3) is 5.91 Å². The molecule has 0 unspecified atom stereocenters. The molecule has 0 radical (unpaired) electrons. The maximum atomic E-state index is 13.5. The van der Waals surface area contributed by atoms with Crippen molar-refractivity contribution in [2.75, 3.05) is 5.73 Å². The van der Waals surface area contributed by atoms with Crippen LogP contribution in [0.3, 0.4) is 0 Å². The summed E-state index contributed by atoms with van der Waals surface area (Å²) in [4.78, 5) is 12.1. The Kier molecular flexibility index (Phi) is 4.48. The smallest absolute Gasteiger partial charge is 0.253 e. The Morgan fingerprint density at radius 3 is 2.43 bits per heavy atom. The predicted octanol–water partition coefficient (Wildman–Crippen LogP) is 3.61. The van der Waals surface area contributed by atoms with E-state index in [0.29, 0.717) is 33.9 Å². The number of anilines is 1. The number of aryl methyl sites for hydroxylation is 2. The van der Waals surface area contributed by atoms with Gasteiger partial charge >= 0.3 is 0 Å². The molecule has 0 saturated heterocycles. The van der Waals surface area contributed by atoms with Crippen LogP contribution in [0.15, 0.2) is 30.3 Å². The van der Waals surface area contributed by atoms with E-state index in [2.05, 4.69) is 5.32 Å².